The number of hydrogen-bond acceptors (Lipinski definition) is 1. The zero-order valence-corrected chi connectivity index (χ0v) is 10.4. The normalized spacial score (nSPS) is 10.7. The number of halogens is 2. The Kier molecular flexibility index (Phi) is 4.62. The summed E-state index contributed by atoms with van der Waals surface area (Å²) in [5, 5.41) is 0.882. The Morgan fingerprint density at radius 1 is 1.27 bits per heavy atom. The summed E-state index contributed by atoms with van der Waals surface area (Å²) in [5.41, 5.74) is 0.460. The molecule has 0 atom stereocenters. The van der Waals surface area contributed by atoms with Crippen LogP contribution in [-0.2, 0) is 0 Å². The minimum Gasteiger partial charge on any atom is -0.294 e. The van der Waals surface area contributed by atoms with Gasteiger partial charge in [0.2, 0.25) is 0 Å². The van der Waals surface area contributed by atoms with Crippen molar-refractivity contribution in [1.82, 2.24) is 0 Å². The van der Waals surface area contributed by atoms with Crippen molar-refractivity contribution in [2.75, 3.05) is 0 Å². The first-order chi connectivity index (χ1) is 7.02. The predicted molar refractivity (Wildman–Crippen MR) is 64.9 cm³/mol. The smallest absolute Gasteiger partial charge is 0.165 e. The third-order valence-electron chi connectivity index (χ3n) is 2.19. The van der Waals surface area contributed by atoms with Crippen LogP contribution in [0.5, 0.6) is 0 Å². The minimum atomic E-state index is 0.0271. The molecular formula is C12H14Cl2O. The Balaban J connectivity index is 2.82. The first-order valence-corrected chi connectivity index (χ1v) is 5.75. The van der Waals surface area contributed by atoms with E-state index in [1.54, 1.807) is 18.2 Å². The monoisotopic (exact) mass is 244 g/mol. The molecule has 82 valence electrons. The van der Waals surface area contributed by atoms with Crippen LogP contribution in [0.2, 0.25) is 10.0 Å². The van der Waals surface area contributed by atoms with Crippen LogP contribution in [0.25, 0.3) is 0 Å². The maximum atomic E-state index is 11.8. The number of Topliss-reactive ketones (excluding diaryl/α,β-unsaturated/α-hetero) is 1. The molecule has 0 aliphatic carbocycles. The van der Waals surface area contributed by atoms with Crippen LogP contribution in [-0.4, -0.2) is 5.78 Å². The average molecular weight is 245 g/mol. The van der Waals surface area contributed by atoms with Crippen molar-refractivity contribution in [1.29, 1.82) is 0 Å². The van der Waals surface area contributed by atoms with E-state index in [2.05, 4.69) is 13.8 Å². The highest BCUT2D eigenvalue weighted by Crippen LogP contribution is 2.26. The van der Waals surface area contributed by atoms with Crippen molar-refractivity contribution in [3.8, 4) is 0 Å². The maximum absolute atomic E-state index is 11.8. The zero-order valence-electron chi connectivity index (χ0n) is 8.89. The van der Waals surface area contributed by atoms with Gasteiger partial charge < -0.3 is 0 Å². The maximum Gasteiger partial charge on any atom is 0.165 e. The number of hydrogen-bond donors (Lipinski definition) is 0. The molecule has 0 fully saturated rings. The van der Waals surface area contributed by atoms with E-state index in [1.807, 2.05) is 0 Å². The van der Waals surface area contributed by atoms with Crippen LogP contribution in [0.3, 0.4) is 0 Å². The number of rotatable bonds is 4. The van der Waals surface area contributed by atoms with Crippen molar-refractivity contribution < 1.29 is 4.79 Å². The summed E-state index contributed by atoms with van der Waals surface area (Å²) in [7, 11) is 0. The summed E-state index contributed by atoms with van der Waals surface area (Å²) in [6, 6.07) is 5.12. The summed E-state index contributed by atoms with van der Waals surface area (Å²) in [6.45, 7) is 4.17. The molecule has 0 radical (unpaired) electrons. The molecule has 0 aromatic heterocycles. The van der Waals surface area contributed by atoms with E-state index in [-0.39, 0.29) is 5.78 Å². The molecule has 15 heavy (non-hydrogen) atoms. The van der Waals surface area contributed by atoms with Gasteiger partial charge in [-0.25, -0.2) is 0 Å². The van der Waals surface area contributed by atoms with E-state index in [9.17, 15) is 4.79 Å². The Hall–Kier alpha value is -0.530. The van der Waals surface area contributed by atoms with Crippen molar-refractivity contribution in [2.24, 2.45) is 5.92 Å². The largest absolute Gasteiger partial charge is 0.294 e. The van der Waals surface area contributed by atoms with E-state index in [0.717, 1.165) is 6.42 Å². The lowest BCUT2D eigenvalue weighted by molar-refractivity contribution is 0.0975. The molecule has 1 rings (SSSR count). The fourth-order valence-electron chi connectivity index (χ4n) is 1.31. The quantitative estimate of drug-likeness (QED) is 0.708. The van der Waals surface area contributed by atoms with Gasteiger partial charge in [-0.2, -0.15) is 0 Å². The van der Waals surface area contributed by atoms with E-state index in [1.165, 1.54) is 0 Å². The molecule has 0 amide bonds. The highest BCUT2D eigenvalue weighted by molar-refractivity contribution is 6.39. The SMILES string of the molecule is CC(C)CCC(=O)c1c(Cl)cccc1Cl. The van der Waals surface area contributed by atoms with Gasteiger partial charge in [-0.3, -0.25) is 4.79 Å². The predicted octanol–water partition coefficient (Wildman–Crippen LogP) is 4.61. The molecule has 0 bridgehead atoms. The van der Waals surface area contributed by atoms with E-state index in [0.29, 0.717) is 27.9 Å². The van der Waals surface area contributed by atoms with E-state index < -0.39 is 0 Å². The number of carbonyl (C=O) groups is 1. The lowest BCUT2D eigenvalue weighted by Crippen LogP contribution is -2.03. The topological polar surface area (TPSA) is 17.1 Å². The lowest BCUT2D eigenvalue weighted by Gasteiger charge is -2.07. The molecule has 0 aliphatic rings. The minimum absolute atomic E-state index is 0.0271. The molecule has 3 heteroatoms. The molecule has 0 saturated heterocycles. The summed E-state index contributed by atoms with van der Waals surface area (Å²) >= 11 is 11.9. The standard InChI is InChI=1S/C12H14Cl2O/c1-8(2)6-7-11(15)12-9(13)4-3-5-10(12)14/h3-5,8H,6-7H2,1-2H3. The van der Waals surface area contributed by atoms with Gasteiger partial charge in [-0.05, 0) is 24.5 Å². The zero-order chi connectivity index (χ0) is 11.4. The third kappa shape index (κ3) is 3.51. The third-order valence-corrected chi connectivity index (χ3v) is 2.82. The Morgan fingerprint density at radius 3 is 2.27 bits per heavy atom. The van der Waals surface area contributed by atoms with Gasteiger partial charge in [0, 0.05) is 6.42 Å². The average Bonchev–Trinajstić information content (AvgIpc) is 2.14. The summed E-state index contributed by atoms with van der Waals surface area (Å²) < 4.78 is 0. The van der Waals surface area contributed by atoms with Crippen LogP contribution in [0.4, 0.5) is 0 Å². The highest BCUT2D eigenvalue weighted by Gasteiger charge is 2.14. The first-order valence-electron chi connectivity index (χ1n) is 4.99. The van der Waals surface area contributed by atoms with E-state index >= 15 is 0 Å². The van der Waals surface area contributed by atoms with E-state index in [4.69, 9.17) is 23.2 Å². The second kappa shape index (κ2) is 5.53. The molecule has 0 heterocycles. The Labute approximate surface area is 100 Å². The van der Waals surface area contributed by atoms with Gasteiger partial charge in [0.25, 0.3) is 0 Å². The number of benzene rings is 1. The number of ketones is 1. The van der Waals surface area contributed by atoms with Gasteiger partial charge in [-0.15, -0.1) is 0 Å². The Bertz CT molecular complexity index is 338. The van der Waals surface area contributed by atoms with Crippen LogP contribution in [0.1, 0.15) is 37.0 Å². The van der Waals surface area contributed by atoms with Crippen molar-refractivity contribution in [3.05, 3.63) is 33.8 Å². The van der Waals surface area contributed by atoms with Crippen LogP contribution in [0.15, 0.2) is 18.2 Å². The van der Waals surface area contributed by atoms with Crippen molar-refractivity contribution in [3.63, 3.8) is 0 Å². The fourth-order valence-corrected chi connectivity index (χ4v) is 1.92. The lowest BCUT2D eigenvalue weighted by atomic mass is 10.0. The summed E-state index contributed by atoms with van der Waals surface area (Å²) in [4.78, 5) is 11.8. The highest BCUT2D eigenvalue weighted by atomic mass is 35.5. The van der Waals surface area contributed by atoms with Crippen LogP contribution < -0.4 is 0 Å². The van der Waals surface area contributed by atoms with Gasteiger partial charge in [0.1, 0.15) is 0 Å². The molecule has 0 aliphatic heterocycles. The molecule has 0 N–H and O–H groups in total. The molecular weight excluding hydrogens is 231 g/mol. The van der Waals surface area contributed by atoms with Crippen LogP contribution >= 0.6 is 23.2 Å². The first kappa shape index (κ1) is 12.5. The molecule has 0 saturated carbocycles. The second-order valence-corrected chi connectivity index (χ2v) is 4.77. The second-order valence-electron chi connectivity index (χ2n) is 3.95. The van der Waals surface area contributed by atoms with Crippen LogP contribution in [0, 0.1) is 5.92 Å². The van der Waals surface area contributed by atoms with Gasteiger partial charge in [-0.1, -0.05) is 43.1 Å². The molecule has 0 spiro atoms. The van der Waals surface area contributed by atoms with Crippen molar-refractivity contribution in [2.45, 2.75) is 26.7 Å². The summed E-state index contributed by atoms with van der Waals surface area (Å²) in [6.07, 6.45) is 1.36. The molecule has 1 aromatic rings. The molecule has 1 aromatic carbocycles. The van der Waals surface area contributed by atoms with Gasteiger partial charge in [0.05, 0.1) is 15.6 Å². The van der Waals surface area contributed by atoms with Gasteiger partial charge in [0.15, 0.2) is 5.78 Å². The van der Waals surface area contributed by atoms with Gasteiger partial charge >= 0.3 is 0 Å². The molecule has 0 unspecified atom stereocenters. The summed E-state index contributed by atoms with van der Waals surface area (Å²) in [5.74, 6) is 0.537. The Morgan fingerprint density at radius 2 is 1.80 bits per heavy atom. The number of carbonyl (C=O) groups excluding carboxylic acids is 1. The fraction of sp³-hybridized carbons (Fsp3) is 0.417. The van der Waals surface area contributed by atoms with Crippen molar-refractivity contribution >= 4 is 29.0 Å². The molecule has 1 nitrogen and oxygen atoms in total.